The first-order chi connectivity index (χ1) is 44.1. The number of aliphatic hydroxyl groups excluding tert-OH is 1. The molecule has 6 atom stereocenters. The van der Waals surface area contributed by atoms with E-state index >= 15 is 0 Å². The van der Waals surface area contributed by atoms with Crippen LogP contribution in [0.4, 0.5) is 0 Å². The van der Waals surface area contributed by atoms with Gasteiger partial charge in [0.15, 0.2) is 12.2 Å². The van der Waals surface area contributed by atoms with Gasteiger partial charge in [-0.25, -0.2) is 9.13 Å². The molecule has 0 aromatic rings. The van der Waals surface area contributed by atoms with E-state index in [1.165, 1.54) is 161 Å². The predicted octanol–water partition coefficient (Wildman–Crippen LogP) is 20.9. The molecule has 0 fully saturated rings. The monoisotopic (exact) mass is 1350 g/mol. The largest absolute Gasteiger partial charge is 0.472 e. The minimum Gasteiger partial charge on any atom is -0.462 e. The van der Waals surface area contributed by atoms with E-state index in [1.807, 2.05) is 0 Å². The van der Waals surface area contributed by atoms with Crippen molar-refractivity contribution in [3.63, 3.8) is 0 Å². The van der Waals surface area contributed by atoms with Crippen LogP contribution in [0, 0.1) is 23.7 Å². The van der Waals surface area contributed by atoms with Gasteiger partial charge in [-0.05, 0) is 49.4 Å². The van der Waals surface area contributed by atoms with E-state index < -0.39 is 97.5 Å². The second-order valence-corrected chi connectivity index (χ2v) is 30.9. The van der Waals surface area contributed by atoms with Crippen LogP contribution in [0.25, 0.3) is 0 Å². The third-order valence-electron chi connectivity index (χ3n) is 17.2. The molecule has 92 heavy (non-hydrogen) atoms. The van der Waals surface area contributed by atoms with Gasteiger partial charge in [0.05, 0.1) is 26.4 Å². The molecule has 0 aliphatic carbocycles. The number of hydrogen-bond acceptors (Lipinski definition) is 15. The number of hydrogen-bond donors (Lipinski definition) is 3. The Labute approximate surface area is 562 Å². The Hall–Kier alpha value is -1.94. The summed E-state index contributed by atoms with van der Waals surface area (Å²) >= 11 is 0. The van der Waals surface area contributed by atoms with Crippen LogP contribution in [0.2, 0.25) is 0 Å². The lowest BCUT2D eigenvalue weighted by atomic mass is 9.99. The topological polar surface area (TPSA) is 237 Å². The molecule has 0 aromatic carbocycles. The summed E-state index contributed by atoms with van der Waals surface area (Å²) in [5, 5.41) is 10.6. The summed E-state index contributed by atoms with van der Waals surface area (Å²) in [5.41, 5.74) is 0. The van der Waals surface area contributed by atoms with E-state index in [1.54, 1.807) is 0 Å². The lowest BCUT2D eigenvalue weighted by molar-refractivity contribution is -0.161. The maximum atomic E-state index is 13.0. The Morgan fingerprint density at radius 2 is 0.522 bits per heavy atom. The van der Waals surface area contributed by atoms with Crippen molar-refractivity contribution in [3.05, 3.63) is 0 Å². The molecule has 0 aliphatic rings. The van der Waals surface area contributed by atoms with Crippen LogP contribution in [0.3, 0.4) is 0 Å². The summed E-state index contributed by atoms with van der Waals surface area (Å²) in [6.45, 7) is 14.1. The molecular weight excluding hydrogens is 1210 g/mol. The van der Waals surface area contributed by atoms with Crippen LogP contribution in [-0.2, 0) is 65.4 Å². The van der Waals surface area contributed by atoms with Crippen molar-refractivity contribution in [1.29, 1.82) is 0 Å². The molecule has 546 valence electrons. The van der Waals surface area contributed by atoms with Crippen LogP contribution in [0.15, 0.2) is 0 Å². The van der Waals surface area contributed by atoms with Crippen LogP contribution < -0.4 is 0 Å². The quantitative estimate of drug-likeness (QED) is 0.0222. The Kier molecular flexibility index (Phi) is 61.3. The first-order valence-electron chi connectivity index (χ1n) is 37.7. The number of ether oxygens (including phenoxy) is 4. The van der Waals surface area contributed by atoms with Gasteiger partial charge in [-0.2, -0.15) is 0 Å². The molecule has 0 amide bonds. The normalized spacial score (nSPS) is 14.5. The second-order valence-electron chi connectivity index (χ2n) is 28.0. The fraction of sp³-hybridized carbons (Fsp3) is 0.945. The van der Waals surface area contributed by atoms with E-state index in [9.17, 15) is 43.2 Å². The highest BCUT2D eigenvalue weighted by Crippen LogP contribution is 2.45. The predicted molar refractivity (Wildman–Crippen MR) is 372 cm³/mol. The molecule has 0 spiro atoms. The lowest BCUT2D eigenvalue weighted by Gasteiger charge is -2.21. The van der Waals surface area contributed by atoms with Crippen molar-refractivity contribution in [2.45, 2.75) is 382 Å². The molecule has 0 aliphatic heterocycles. The van der Waals surface area contributed by atoms with Crippen molar-refractivity contribution in [3.8, 4) is 0 Å². The van der Waals surface area contributed by atoms with E-state index in [4.69, 9.17) is 37.0 Å². The summed E-state index contributed by atoms with van der Waals surface area (Å²) in [5.74, 6) is 0.890. The SMILES string of the molecule is CCC(C)CCCCCCCCCCCCCCCCC(=O)OC[C@H](COP(=O)(O)OC[C@@H](O)COP(=O)(O)OC[C@@H](COC(=O)CCCCCCCCC(C)C)OC(=O)CCCCCCCCCCCCC(C)C)OC(=O)CCCCCCCCCCCC(C)C. The fourth-order valence-corrected chi connectivity index (χ4v) is 12.6. The number of unbranched alkanes of at least 4 members (excludes halogenated alkanes) is 35. The summed E-state index contributed by atoms with van der Waals surface area (Å²) in [4.78, 5) is 72.6. The molecule has 0 heterocycles. The molecular formula is C73H142O17P2. The zero-order chi connectivity index (χ0) is 68.2. The van der Waals surface area contributed by atoms with E-state index in [0.717, 1.165) is 114 Å². The molecule has 0 saturated carbocycles. The van der Waals surface area contributed by atoms with Crippen LogP contribution in [0.5, 0.6) is 0 Å². The zero-order valence-electron chi connectivity index (χ0n) is 60.2. The van der Waals surface area contributed by atoms with Gasteiger partial charge in [0.2, 0.25) is 0 Å². The molecule has 3 unspecified atom stereocenters. The molecule has 0 aromatic heterocycles. The molecule has 0 radical (unpaired) electrons. The number of phosphoric acid groups is 2. The van der Waals surface area contributed by atoms with Crippen LogP contribution in [0.1, 0.15) is 364 Å². The number of phosphoric ester groups is 2. The highest BCUT2D eigenvalue weighted by molar-refractivity contribution is 7.47. The first kappa shape index (κ1) is 90.1. The second kappa shape index (κ2) is 62.6. The zero-order valence-corrected chi connectivity index (χ0v) is 62.0. The Balaban J connectivity index is 5.21. The lowest BCUT2D eigenvalue weighted by Crippen LogP contribution is -2.30. The summed E-state index contributed by atoms with van der Waals surface area (Å²) in [7, 11) is -9.91. The summed E-state index contributed by atoms with van der Waals surface area (Å²) in [6.07, 6.45) is 45.9. The minimum atomic E-state index is -4.95. The van der Waals surface area contributed by atoms with E-state index in [-0.39, 0.29) is 25.7 Å². The fourth-order valence-electron chi connectivity index (χ4n) is 11.0. The van der Waals surface area contributed by atoms with Gasteiger partial charge in [0.1, 0.15) is 19.3 Å². The Morgan fingerprint density at radius 1 is 0.304 bits per heavy atom. The first-order valence-corrected chi connectivity index (χ1v) is 40.7. The van der Waals surface area contributed by atoms with Gasteiger partial charge < -0.3 is 33.8 Å². The molecule has 19 heteroatoms. The minimum absolute atomic E-state index is 0.104. The van der Waals surface area contributed by atoms with E-state index in [0.29, 0.717) is 31.6 Å². The molecule has 0 bridgehead atoms. The Bertz CT molecular complexity index is 1820. The summed E-state index contributed by atoms with van der Waals surface area (Å²) < 4.78 is 68.4. The van der Waals surface area contributed by atoms with Crippen LogP contribution >= 0.6 is 15.6 Å². The maximum Gasteiger partial charge on any atom is 0.472 e. The third kappa shape index (κ3) is 65.4. The molecule has 0 rings (SSSR count). The van der Waals surface area contributed by atoms with Gasteiger partial charge in [-0.3, -0.25) is 37.3 Å². The van der Waals surface area contributed by atoms with Crippen molar-refractivity contribution in [2.24, 2.45) is 23.7 Å². The van der Waals surface area contributed by atoms with Gasteiger partial charge in [-0.15, -0.1) is 0 Å². The average Bonchev–Trinajstić information content (AvgIpc) is 3.39. The van der Waals surface area contributed by atoms with Gasteiger partial charge in [-0.1, -0.05) is 312 Å². The van der Waals surface area contributed by atoms with E-state index in [2.05, 4.69) is 55.4 Å². The molecule has 17 nitrogen and oxygen atoms in total. The smallest absolute Gasteiger partial charge is 0.462 e. The number of aliphatic hydroxyl groups is 1. The molecule has 0 saturated heterocycles. The number of carbonyl (C=O) groups excluding carboxylic acids is 4. The maximum absolute atomic E-state index is 13.0. The van der Waals surface area contributed by atoms with Crippen LogP contribution in [-0.4, -0.2) is 96.7 Å². The number of esters is 4. The van der Waals surface area contributed by atoms with Crippen molar-refractivity contribution in [2.75, 3.05) is 39.6 Å². The van der Waals surface area contributed by atoms with Gasteiger partial charge in [0.25, 0.3) is 0 Å². The van der Waals surface area contributed by atoms with Crippen molar-refractivity contribution in [1.82, 2.24) is 0 Å². The van der Waals surface area contributed by atoms with Crippen molar-refractivity contribution >= 4 is 39.5 Å². The molecule has 3 N–H and O–H groups in total. The summed E-state index contributed by atoms with van der Waals surface area (Å²) in [6, 6.07) is 0. The third-order valence-corrected chi connectivity index (χ3v) is 19.1. The standard InChI is InChI=1S/C73H142O17P2/c1-9-66(8)52-44-36-27-21-14-12-10-11-13-15-22-28-37-45-53-70(75)83-59-68(89-73(78)56-48-40-30-24-18-20-26-34-42-50-64(4)5)61-87-91(79,80)85-57-67(74)58-86-92(81,82)88-62-69(60-84-71(76)54-46-38-32-31-35-43-51-65(6)7)90-72(77)55-47-39-29-23-17-16-19-25-33-41-49-63(2)3/h63-69,74H,9-62H2,1-8H3,(H,79,80)(H,81,82)/t66?,67-,68-,69-/m1/s1. The average molecular weight is 1350 g/mol. The van der Waals surface area contributed by atoms with Gasteiger partial charge in [0, 0.05) is 25.7 Å². The number of carbonyl (C=O) groups is 4. The Morgan fingerprint density at radius 3 is 0.772 bits per heavy atom. The highest BCUT2D eigenvalue weighted by atomic mass is 31.2. The number of rotatable bonds is 70. The highest BCUT2D eigenvalue weighted by Gasteiger charge is 2.30. The van der Waals surface area contributed by atoms with Crippen molar-refractivity contribution < 1.29 is 80.2 Å². The van der Waals surface area contributed by atoms with Gasteiger partial charge >= 0.3 is 39.5 Å².